The molecule has 0 radical (unpaired) electrons. The maximum atomic E-state index is 11.8. The van der Waals surface area contributed by atoms with Crippen LogP contribution in [-0.4, -0.2) is 24.5 Å². The third kappa shape index (κ3) is 1.48. The van der Waals surface area contributed by atoms with Gasteiger partial charge in [0.15, 0.2) is 9.84 Å². The van der Waals surface area contributed by atoms with E-state index in [9.17, 15) is 8.42 Å². The van der Waals surface area contributed by atoms with Gasteiger partial charge in [-0.1, -0.05) is 0 Å². The molecular formula is C10H19NO2S. The molecule has 2 N–H and O–H groups in total. The summed E-state index contributed by atoms with van der Waals surface area (Å²) >= 11 is 0. The third-order valence-electron chi connectivity index (χ3n) is 4.06. The topological polar surface area (TPSA) is 60.2 Å². The van der Waals surface area contributed by atoms with Gasteiger partial charge in [-0.05, 0) is 45.4 Å². The number of sulfone groups is 1. The van der Waals surface area contributed by atoms with Gasteiger partial charge in [-0.25, -0.2) is 8.42 Å². The van der Waals surface area contributed by atoms with Gasteiger partial charge in [-0.3, -0.25) is 0 Å². The molecule has 2 fully saturated rings. The van der Waals surface area contributed by atoms with E-state index in [1.165, 1.54) is 0 Å². The van der Waals surface area contributed by atoms with E-state index < -0.39 is 14.6 Å². The monoisotopic (exact) mass is 217 g/mol. The normalized spacial score (nSPS) is 36.9. The van der Waals surface area contributed by atoms with Gasteiger partial charge in [0.25, 0.3) is 0 Å². The SMILES string of the molecule is CC1(C)C(CC2(N)CC2)CCS1(=O)=O. The molecule has 1 saturated carbocycles. The zero-order valence-electron chi connectivity index (χ0n) is 8.91. The van der Waals surface area contributed by atoms with Crippen LogP contribution < -0.4 is 5.73 Å². The molecule has 1 unspecified atom stereocenters. The summed E-state index contributed by atoms with van der Waals surface area (Å²) in [6.45, 7) is 3.71. The Morgan fingerprint density at radius 3 is 2.29 bits per heavy atom. The molecule has 1 aliphatic heterocycles. The van der Waals surface area contributed by atoms with Crippen LogP contribution in [0.5, 0.6) is 0 Å². The number of nitrogens with two attached hydrogens (primary N) is 1. The molecule has 14 heavy (non-hydrogen) atoms. The summed E-state index contributed by atoms with van der Waals surface area (Å²) in [5.41, 5.74) is 6.02. The highest BCUT2D eigenvalue weighted by atomic mass is 32.2. The first-order valence-corrected chi connectivity index (χ1v) is 6.93. The van der Waals surface area contributed by atoms with E-state index in [0.29, 0.717) is 5.75 Å². The second kappa shape index (κ2) is 2.73. The minimum atomic E-state index is -2.87. The van der Waals surface area contributed by atoms with Crippen LogP contribution >= 0.6 is 0 Å². The average molecular weight is 217 g/mol. The van der Waals surface area contributed by atoms with Crippen molar-refractivity contribution in [2.24, 2.45) is 11.7 Å². The molecule has 0 bridgehead atoms. The van der Waals surface area contributed by atoms with E-state index in [2.05, 4.69) is 0 Å². The molecule has 1 heterocycles. The van der Waals surface area contributed by atoms with E-state index in [1.54, 1.807) is 0 Å². The number of hydrogen-bond donors (Lipinski definition) is 1. The number of hydrogen-bond acceptors (Lipinski definition) is 3. The lowest BCUT2D eigenvalue weighted by molar-refractivity contribution is 0.355. The van der Waals surface area contributed by atoms with E-state index in [0.717, 1.165) is 25.7 Å². The van der Waals surface area contributed by atoms with Gasteiger partial charge >= 0.3 is 0 Å². The molecule has 1 aliphatic carbocycles. The summed E-state index contributed by atoms with van der Waals surface area (Å²) in [6.07, 6.45) is 3.83. The van der Waals surface area contributed by atoms with Crippen LogP contribution in [0.2, 0.25) is 0 Å². The highest BCUT2D eigenvalue weighted by molar-refractivity contribution is 7.93. The molecule has 1 saturated heterocycles. The summed E-state index contributed by atoms with van der Waals surface area (Å²) in [5, 5.41) is 0. The van der Waals surface area contributed by atoms with Crippen LogP contribution in [0.4, 0.5) is 0 Å². The first-order chi connectivity index (χ1) is 6.27. The predicted molar refractivity (Wildman–Crippen MR) is 56.7 cm³/mol. The van der Waals surface area contributed by atoms with Crippen LogP contribution in [0.3, 0.4) is 0 Å². The minimum Gasteiger partial charge on any atom is -0.325 e. The average Bonchev–Trinajstić information content (AvgIpc) is 2.72. The third-order valence-corrected chi connectivity index (χ3v) is 6.77. The lowest BCUT2D eigenvalue weighted by Crippen LogP contribution is -2.37. The van der Waals surface area contributed by atoms with Gasteiger partial charge < -0.3 is 5.73 Å². The second-order valence-electron chi connectivity index (χ2n) is 5.47. The molecule has 0 spiro atoms. The lowest BCUT2D eigenvalue weighted by atomic mass is 9.86. The fourth-order valence-corrected chi connectivity index (χ4v) is 4.20. The van der Waals surface area contributed by atoms with Crippen molar-refractivity contribution in [3.05, 3.63) is 0 Å². The maximum absolute atomic E-state index is 11.8. The van der Waals surface area contributed by atoms with Crippen molar-refractivity contribution in [2.75, 3.05) is 5.75 Å². The molecule has 82 valence electrons. The molecule has 2 aliphatic rings. The number of rotatable bonds is 2. The van der Waals surface area contributed by atoms with Crippen LogP contribution in [0.25, 0.3) is 0 Å². The Bertz CT molecular complexity index is 341. The quantitative estimate of drug-likeness (QED) is 0.753. The van der Waals surface area contributed by atoms with Gasteiger partial charge in [0.1, 0.15) is 0 Å². The van der Waals surface area contributed by atoms with Gasteiger partial charge in [-0.2, -0.15) is 0 Å². The van der Waals surface area contributed by atoms with Crippen molar-refractivity contribution in [3.63, 3.8) is 0 Å². The molecule has 0 aromatic heterocycles. The van der Waals surface area contributed by atoms with Crippen LogP contribution in [-0.2, 0) is 9.84 Å². The predicted octanol–water partition coefficient (Wildman–Crippen LogP) is 1.08. The van der Waals surface area contributed by atoms with Crippen LogP contribution in [0.1, 0.15) is 39.5 Å². The summed E-state index contributed by atoms with van der Waals surface area (Å²) in [6, 6.07) is 0. The van der Waals surface area contributed by atoms with Gasteiger partial charge in [0, 0.05) is 5.54 Å². The van der Waals surface area contributed by atoms with Crippen molar-refractivity contribution in [1.82, 2.24) is 0 Å². The fraction of sp³-hybridized carbons (Fsp3) is 1.00. The standard InChI is InChI=1S/C10H19NO2S/c1-9(2)8(3-6-14(9,12)13)7-10(11)4-5-10/h8H,3-7,11H2,1-2H3. The largest absolute Gasteiger partial charge is 0.325 e. The first kappa shape index (κ1) is 10.4. The Morgan fingerprint density at radius 2 is 1.93 bits per heavy atom. The molecule has 0 aromatic carbocycles. The van der Waals surface area contributed by atoms with Gasteiger partial charge in [0.05, 0.1) is 10.5 Å². The zero-order valence-corrected chi connectivity index (χ0v) is 9.73. The molecule has 0 aromatic rings. The smallest absolute Gasteiger partial charge is 0.155 e. The Hall–Kier alpha value is -0.0900. The van der Waals surface area contributed by atoms with Gasteiger partial charge in [-0.15, -0.1) is 0 Å². The lowest BCUT2D eigenvalue weighted by Gasteiger charge is -2.27. The van der Waals surface area contributed by atoms with Crippen molar-refractivity contribution in [1.29, 1.82) is 0 Å². The molecule has 4 heteroatoms. The van der Waals surface area contributed by atoms with Crippen molar-refractivity contribution < 1.29 is 8.42 Å². The van der Waals surface area contributed by atoms with E-state index >= 15 is 0 Å². The van der Waals surface area contributed by atoms with Crippen molar-refractivity contribution in [3.8, 4) is 0 Å². The van der Waals surface area contributed by atoms with E-state index in [-0.39, 0.29) is 11.5 Å². The summed E-state index contributed by atoms with van der Waals surface area (Å²) in [7, 11) is -2.87. The molecule has 0 amide bonds. The van der Waals surface area contributed by atoms with E-state index in [4.69, 9.17) is 5.73 Å². The van der Waals surface area contributed by atoms with Gasteiger partial charge in [0.2, 0.25) is 0 Å². The molecular weight excluding hydrogens is 198 g/mol. The second-order valence-corrected chi connectivity index (χ2v) is 8.16. The van der Waals surface area contributed by atoms with Crippen LogP contribution in [0, 0.1) is 5.92 Å². The summed E-state index contributed by atoms with van der Waals surface area (Å²) in [4.78, 5) is 0. The Balaban J connectivity index is 2.15. The molecule has 1 atom stereocenters. The Morgan fingerprint density at radius 1 is 1.36 bits per heavy atom. The highest BCUT2D eigenvalue weighted by Gasteiger charge is 2.51. The molecule has 3 nitrogen and oxygen atoms in total. The van der Waals surface area contributed by atoms with E-state index in [1.807, 2.05) is 13.8 Å². The first-order valence-electron chi connectivity index (χ1n) is 5.28. The zero-order chi connectivity index (χ0) is 10.6. The fourth-order valence-electron chi connectivity index (χ4n) is 2.37. The van der Waals surface area contributed by atoms with Crippen molar-refractivity contribution >= 4 is 9.84 Å². The highest BCUT2D eigenvalue weighted by Crippen LogP contribution is 2.47. The Kier molecular flexibility index (Phi) is 2.03. The Labute approximate surface area is 86.0 Å². The van der Waals surface area contributed by atoms with Crippen LogP contribution in [0.15, 0.2) is 0 Å². The minimum absolute atomic E-state index is 0.0260. The molecule has 2 rings (SSSR count). The maximum Gasteiger partial charge on any atom is 0.155 e. The summed E-state index contributed by atoms with van der Waals surface area (Å²) < 4.78 is 23.0. The van der Waals surface area contributed by atoms with Crippen molar-refractivity contribution in [2.45, 2.75) is 49.8 Å². The summed E-state index contributed by atoms with van der Waals surface area (Å²) in [5.74, 6) is 0.612.